The summed E-state index contributed by atoms with van der Waals surface area (Å²) >= 11 is 0. The Morgan fingerprint density at radius 1 is 0.250 bits per heavy atom. The van der Waals surface area contributed by atoms with Crippen LogP contribution >= 0.6 is 0 Å². The van der Waals surface area contributed by atoms with Crippen molar-refractivity contribution in [1.29, 1.82) is 0 Å². The van der Waals surface area contributed by atoms with E-state index in [1.54, 1.807) is 0 Å². The largest absolute Gasteiger partial charge is 0.309 e. The van der Waals surface area contributed by atoms with Gasteiger partial charge in [0, 0.05) is 43.7 Å². The fraction of sp³-hybridized carbons (Fsp3) is 0. The molecule has 0 radical (unpaired) electrons. The van der Waals surface area contributed by atoms with Crippen molar-refractivity contribution in [3.05, 3.63) is 170 Å². The normalized spacial score (nSPS) is 12.2. The Kier molecular flexibility index (Phi) is 5.14. The molecule has 0 amide bonds. The molecule has 0 N–H and O–H groups in total. The Balaban J connectivity index is 1.36. The van der Waals surface area contributed by atoms with Crippen molar-refractivity contribution in [1.82, 2.24) is 9.13 Å². The van der Waals surface area contributed by atoms with Gasteiger partial charge in [0.05, 0.1) is 22.1 Å². The van der Waals surface area contributed by atoms with Gasteiger partial charge in [-0.2, -0.15) is 0 Å². The lowest BCUT2D eigenvalue weighted by Gasteiger charge is -2.16. The quantitative estimate of drug-likeness (QED) is 0.173. The van der Waals surface area contributed by atoms with E-state index in [4.69, 9.17) is 0 Å². The van der Waals surface area contributed by atoms with Crippen molar-refractivity contribution < 1.29 is 0 Å². The number of fused-ring (bicyclic) bond motifs is 16. The molecule has 0 bridgehead atoms. The Labute approximate surface area is 276 Å². The molecule has 0 spiro atoms. The van der Waals surface area contributed by atoms with Gasteiger partial charge >= 0.3 is 0 Å². The third-order valence-electron chi connectivity index (χ3n) is 10.4. The maximum absolute atomic E-state index is 2.52. The molecule has 0 aliphatic rings. The second kappa shape index (κ2) is 9.57. The van der Waals surface area contributed by atoms with Gasteiger partial charge in [-0.05, 0) is 74.8 Å². The first-order chi connectivity index (χ1) is 23.9. The van der Waals surface area contributed by atoms with E-state index in [0.717, 1.165) is 0 Å². The molecule has 0 atom stereocenters. The van der Waals surface area contributed by atoms with Crippen LogP contribution in [0.3, 0.4) is 0 Å². The van der Waals surface area contributed by atoms with Crippen LogP contribution in [0.4, 0.5) is 0 Å². The van der Waals surface area contributed by atoms with Gasteiger partial charge in [0.1, 0.15) is 0 Å². The van der Waals surface area contributed by atoms with E-state index >= 15 is 0 Å². The van der Waals surface area contributed by atoms with Crippen molar-refractivity contribution in [2.45, 2.75) is 0 Å². The standard InChI is InChI=1S/C46H28N2/c1-2-14-29(15-3-1)47-40-24-12-10-18-33(40)39-28-30(26-27-42(39)47)48-41-25-13-11-23-38(41)45-44-35-20-7-5-17-32(35)31-16-4-6-19-34(31)43(44)36-21-8-9-22-37(36)46(45)48/h1-28H. The van der Waals surface area contributed by atoms with Crippen molar-refractivity contribution in [3.63, 3.8) is 0 Å². The van der Waals surface area contributed by atoms with Gasteiger partial charge in [0.25, 0.3) is 0 Å². The first-order valence-corrected chi connectivity index (χ1v) is 16.6. The summed E-state index contributed by atoms with van der Waals surface area (Å²) in [5, 5.41) is 15.5. The molecular formula is C46H28N2. The van der Waals surface area contributed by atoms with Crippen LogP contribution in [0, 0.1) is 0 Å². The van der Waals surface area contributed by atoms with Crippen LogP contribution in [0.15, 0.2) is 170 Å². The summed E-state index contributed by atoms with van der Waals surface area (Å²) in [7, 11) is 0. The van der Waals surface area contributed by atoms with E-state index in [9.17, 15) is 0 Å². The average molecular weight is 609 g/mol. The molecule has 2 aromatic heterocycles. The second-order valence-corrected chi connectivity index (χ2v) is 12.9. The molecule has 0 saturated heterocycles. The molecule has 0 fully saturated rings. The number of para-hydroxylation sites is 3. The lowest BCUT2D eigenvalue weighted by molar-refractivity contribution is 1.17. The van der Waals surface area contributed by atoms with Gasteiger partial charge in [-0.1, -0.05) is 127 Å². The van der Waals surface area contributed by atoms with E-state index in [1.165, 1.54) is 98.1 Å². The summed E-state index contributed by atoms with van der Waals surface area (Å²) in [5.74, 6) is 0. The molecule has 2 heterocycles. The molecular weight excluding hydrogens is 581 g/mol. The predicted octanol–water partition coefficient (Wildman–Crippen LogP) is 12.5. The van der Waals surface area contributed by atoms with E-state index in [0.29, 0.717) is 0 Å². The van der Waals surface area contributed by atoms with Crippen LogP contribution in [0.5, 0.6) is 0 Å². The Morgan fingerprint density at radius 3 is 1.42 bits per heavy atom. The molecule has 48 heavy (non-hydrogen) atoms. The number of rotatable bonds is 2. The molecule has 9 aromatic carbocycles. The number of aromatic nitrogens is 2. The summed E-state index contributed by atoms with van der Waals surface area (Å²) in [6.45, 7) is 0. The average Bonchev–Trinajstić information content (AvgIpc) is 3.68. The van der Waals surface area contributed by atoms with E-state index in [2.05, 4.69) is 179 Å². The first kappa shape index (κ1) is 25.8. The molecule has 0 saturated carbocycles. The van der Waals surface area contributed by atoms with Gasteiger partial charge in [-0.15, -0.1) is 0 Å². The number of benzene rings is 9. The molecule has 2 nitrogen and oxygen atoms in total. The van der Waals surface area contributed by atoms with Gasteiger partial charge in [0.15, 0.2) is 0 Å². The SMILES string of the molecule is c1ccc(-n2c3ccccc3c3cc(-n4c5ccccc5c5c6c7ccccc7c7ccccc7c6c6ccccc6c54)ccc32)cc1. The Morgan fingerprint density at radius 2 is 0.729 bits per heavy atom. The van der Waals surface area contributed by atoms with Crippen LogP contribution in [0.25, 0.3) is 98.1 Å². The second-order valence-electron chi connectivity index (χ2n) is 12.9. The highest BCUT2D eigenvalue weighted by Crippen LogP contribution is 2.48. The summed E-state index contributed by atoms with van der Waals surface area (Å²) in [4.78, 5) is 0. The predicted molar refractivity (Wildman–Crippen MR) is 205 cm³/mol. The summed E-state index contributed by atoms with van der Waals surface area (Å²) in [6, 6.07) is 62.4. The van der Waals surface area contributed by atoms with Gasteiger partial charge in [-0.3, -0.25) is 0 Å². The van der Waals surface area contributed by atoms with Gasteiger partial charge in [-0.25, -0.2) is 0 Å². The van der Waals surface area contributed by atoms with Crippen LogP contribution in [0.1, 0.15) is 0 Å². The minimum absolute atomic E-state index is 1.17. The molecule has 11 rings (SSSR count). The van der Waals surface area contributed by atoms with Crippen molar-refractivity contribution in [2.24, 2.45) is 0 Å². The topological polar surface area (TPSA) is 9.86 Å². The number of hydrogen-bond donors (Lipinski definition) is 0. The minimum Gasteiger partial charge on any atom is -0.309 e. The summed E-state index contributed by atoms with van der Waals surface area (Å²) in [6.07, 6.45) is 0. The van der Waals surface area contributed by atoms with Crippen LogP contribution in [0.2, 0.25) is 0 Å². The van der Waals surface area contributed by atoms with Crippen LogP contribution < -0.4 is 0 Å². The Bertz CT molecular complexity index is 3100. The van der Waals surface area contributed by atoms with Crippen molar-refractivity contribution >= 4 is 86.7 Å². The molecule has 0 aliphatic heterocycles. The summed E-state index contributed by atoms with van der Waals surface area (Å²) < 4.78 is 4.91. The maximum Gasteiger partial charge on any atom is 0.0626 e. The third kappa shape index (κ3) is 3.31. The fourth-order valence-corrected chi connectivity index (χ4v) is 8.56. The van der Waals surface area contributed by atoms with Crippen LogP contribution in [-0.2, 0) is 0 Å². The van der Waals surface area contributed by atoms with Crippen molar-refractivity contribution in [3.8, 4) is 11.4 Å². The lowest BCUT2D eigenvalue weighted by atomic mass is 9.88. The minimum atomic E-state index is 1.17. The fourth-order valence-electron chi connectivity index (χ4n) is 8.56. The highest BCUT2D eigenvalue weighted by Gasteiger charge is 2.22. The first-order valence-electron chi connectivity index (χ1n) is 16.6. The number of nitrogens with zero attached hydrogens (tertiary/aromatic N) is 2. The summed E-state index contributed by atoms with van der Waals surface area (Å²) in [5.41, 5.74) is 7.23. The van der Waals surface area contributed by atoms with E-state index in [-0.39, 0.29) is 0 Å². The zero-order valence-electron chi connectivity index (χ0n) is 26.1. The monoisotopic (exact) mass is 608 g/mol. The van der Waals surface area contributed by atoms with Crippen LogP contribution in [-0.4, -0.2) is 9.13 Å². The lowest BCUT2D eigenvalue weighted by Crippen LogP contribution is -1.96. The zero-order valence-corrected chi connectivity index (χ0v) is 26.1. The molecule has 0 aliphatic carbocycles. The molecule has 222 valence electrons. The highest BCUT2D eigenvalue weighted by molar-refractivity contribution is 6.42. The van der Waals surface area contributed by atoms with Gasteiger partial charge in [0.2, 0.25) is 0 Å². The number of hydrogen-bond acceptors (Lipinski definition) is 0. The van der Waals surface area contributed by atoms with E-state index < -0.39 is 0 Å². The maximum atomic E-state index is 2.52. The zero-order chi connectivity index (χ0) is 31.3. The van der Waals surface area contributed by atoms with E-state index in [1.807, 2.05) is 0 Å². The van der Waals surface area contributed by atoms with Gasteiger partial charge < -0.3 is 9.13 Å². The van der Waals surface area contributed by atoms with Crippen molar-refractivity contribution in [2.75, 3.05) is 0 Å². The molecule has 11 aromatic rings. The highest BCUT2D eigenvalue weighted by atomic mass is 15.0. The molecule has 0 unspecified atom stereocenters. The molecule has 2 heteroatoms. The smallest absolute Gasteiger partial charge is 0.0626 e. The Hall–Kier alpha value is -6.38. The third-order valence-corrected chi connectivity index (χ3v) is 10.4.